The van der Waals surface area contributed by atoms with Crippen molar-refractivity contribution in [3.8, 4) is 0 Å². The summed E-state index contributed by atoms with van der Waals surface area (Å²) >= 11 is 6.15. The van der Waals surface area contributed by atoms with Gasteiger partial charge < -0.3 is 9.73 Å². The van der Waals surface area contributed by atoms with Gasteiger partial charge in [-0.15, -0.1) is 0 Å². The van der Waals surface area contributed by atoms with Crippen molar-refractivity contribution in [2.45, 2.75) is 37.6 Å². The zero-order chi connectivity index (χ0) is 17.3. The fraction of sp³-hybridized carbons (Fsp3) is 0.333. The molecule has 128 valence electrons. The van der Waals surface area contributed by atoms with Gasteiger partial charge in [-0.2, -0.15) is 0 Å². The molecule has 0 unspecified atom stereocenters. The second-order valence-electron chi connectivity index (χ2n) is 5.51. The third-order valence-electron chi connectivity index (χ3n) is 3.68. The lowest BCUT2D eigenvalue weighted by Gasteiger charge is -2.12. The number of halogens is 1. The second kappa shape index (κ2) is 6.54. The van der Waals surface area contributed by atoms with Gasteiger partial charge in [0.2, 0.25) is 15.9 Å². The lowest BCUT2D eigenvalue weighted by molar-refractivity contribution is -0.116. The molecule has 24 heavy (non-hydrogen) atoms. The maximum Gasteiger partial charge on any atom is 0.242 e. The van der Waals surface area contributed by atoms with Crippen LogP contribution in [0, 0.1) is 6.92 Å². The van der Waals surface area contributed by atoms with Gasteiger partial charge in [0.05, 0.1) is 17.8 Å². The summed E-state index contributed by atoms with van der Waals surface area (Å²) in [4.78, 5) is 15.5. The largest absolute Gasteiger partial charge is 0.445 e. The van der Waals surface area contributed by atoms with E-state index in [1.807, 2.05) is 0 Å². The van der Waals surface area contributed by atoms with E-state index >= 15 is 0 Å². The SMILES string of the molecule is Cc1ncc(CNS(=O)(=O)c2cc3c(cc2Cl)CCCC(=O)N3)o1. The van der Waals surface area contributed by atoms with E-state index < -0.39 is 10.0 Å². The Labute approximate surface area is 144 Å². The Bertz CT molecular complexity index is 892. The summed E-state index contributed by atoms with van der Waals surface area (Å²) in [7, 11) is -3.86. The second-order valence-corrected chi connectivity index (χ2v) is 7.65. The molecule has 2 N–H and O–H groups in total. The first-order valence-electron chi connectivity index (χ1n) is 7.38. The number of fused-ring (bicyclic) bond motifs is 1. The molecule has 1 aliphatic heterocycles. The molecule has 3 rings (SSSR count). The zero-order valence-corrected chi connectivity index (χ0v) is 14.5. The summed E-state index contributed by atoms with van der Waals surface area (Å²) in [6.45, 7) is 1.63. The van der Waals surface area contributed by atoms with Crippen molar-refractivity contribution in [1.29, 1.82) is 0 Å². The summed E-state index contributed by atoms with van der Waals surface area (Å²) in [5.74, 6) is 0.717. The Kier molecular flexibility index (Phi) is 4.62. The lowest BCUT2D eigenvalue weighted by atomic mass is 10.1. The number of nitrogens with zero attached hydrogens (tertiary/aromatic N) is 1. The van der Waals surface area contributed by atoms with Crippen LogP contribution in [0.2, 0.25) is 5.02 Å². The minimum absolute atomic E-state index is 0.0387. The fourth-order valence-corrected chi connectivity index (χ4v) is 4.07. The topological polar surface area (TPSA) is 101 Å². The number of aromatic nitrogens is 1. The Morgan fingerprint density at radius 1 is 1.38 bits per heavy atom. The molecular weight excluding hydrogens is 354 g/mol. The van der Waals surface area contributed by atoms with E-state index in [1.165, 1.54) is 12.3 Å². The van der Waals surface area contributed by atoms with E-state index in [1.54, 1.807) is 13.0 Å². The molecule has 1 aliphatic rings. The van der Waals surface area contributed by atoms with Crippen molar-refractivity contribution in [2.24, 2.45) is 0 Å². The summed E-state index contributed by atoms with van der Waals surface area (Å²) in [6, 6.07) is 2.99. The van der Waals surface area contributed by atoms with Gasteiger partial charge in [0.15, 0.2) is 5.89 Å². The quantitative estimate of drug-likeness (QED) is 0.861. The molecule has 9 heteroatoms. The molecule has 0 atom stereocenters. The number of carbonyl (C=O) groups excluding carboxylic acids is 1. The molecule has 2 aromatic rings. The highest BCUT2D eigenvalue weighted by Crippen LogP contribution is 2.31. The molecule has 1 amide bonds. The van der Waals surface area contributed by atoms with Crippen molar-refractivity contribution >= 4 is 33.2 Å². The van der Waals surface area contributed by atoms with Crippen LogP contribution in [0.15, 0.2) is 27.6 Å². The highest BCUT2D eigenvalue weighted by molar-refractivity contribution is 7.89. The molecule has 0 fully saturated rings. The number of sulfonamides is 1. The van der Waals surface area contributed by atoms with E-state index in [0.29, 0.717) is 36.6 Å². The Hall–Kier alpha value is -1.90. The number of anilines is 1. The van der Waals surface area contributed by atoms with E-state index in [9.17, 15) is 13.2 Å². The number of amides is 1. The minimum Gasteiger partial charge on any atom is -0.445 e. The van der Waals surface area contributed by atoms with Crippen molar-refractivity contribution in [3.63, 3.8) is 0 Å². The number of benzene rings is 1. The highest BCUT2D eigenvalue weighted by Gasteiger charge is 2.23. The summed E-state index contributed by atoms with van der Waals surface area (Å²) in [5, 5.41) is 2.84. The van der Waals surface area contributed by atoms with Gasteiger partial charge in [-0.3, -0.25) is 4.79 Å². The average molecular weight is 370 g/mol. The molecule has 0 bridgehead atoms. The summed E-state index contributed by atoms with van der Waals surface area (Å²) in [5.41, 5.74) is 1.31. The molecule has 1 aromatic heterocycles. The Balaban J connectivity index is 1.88. The Morgan fingerprint density at radius 3 is 2.88 bits per heavy atom. The first-order chi connectivity index (χ1) is 11.3. The molecule has 0 saturated carbocycles. The monoisotopic (exact) mass is 369 g/mol. The van der Waals surface area contributed by atoms with Crippen LogP contribution in [0.4, 0.5) is 5.69 Å². The van der Waals surface area contributed by atoms with Crippen LogP contribution < -0.4 is 10.0 Å². The van der Waals surface area contributed by atoms with Crippen molar-refractivity contribution in [3.05, 3.63) is 40.6 Å². The number of oxazole rings is 1. The van der Waals surface area contributed by atoms with Crippen LogP contribution in [0.1, 0.15) is 30.1 Å². The predicted molar refractivity (Wildman–Crippen MR) is 88.3 cm³/mol. The smallest absolute Gasteiger partial charge is 0.242 e. The maximum absolute atomic E-state index is 12.5. The number of hydrogen-bond donors (Lipinski definition) is 2. The molecule has 0 aliphatic carbocycles. The van der Waals surface area contributed by atoms with Crippen LogP contribution in [-0.2, 0) is 27.8 Å². The average Bonchev–Trinajstić information content (AvgIpc) is 2.84. The molecule has 0 spiro atoms. The van der Waals surface area contributed by atoms with Gasteiger partial charge in [0.1, 0.15) is 10.7 Å². The molecule has 0 radical (unpaired) electrons. The van der Waals surface area contributed by atoms with Crippen LogP contribution in [0.5, 0.6) is 0 Å². The number of nitrogens with one attached hydrogen (secondary N) is 2. The number of aryl methyl sites for hydroxylation is 2. The van der Waals surface area contributed by atoms with Crippen LogP contribution in [0.3, 0.4) is 0 Å². The normalized spacial score (nSPS) is 14.8. The molecule has 2 heterocycles. The van der Waals surface area contributed by atoms with Gasteiger partial charge in [-0.05, 0) is 30.5 Å². The van der Waals surface area contributed by atoms with Gasteiger partial charge in [-0.1, -0.05) is 11.6 Å². The fourth-order valence-electron chi connectivity index (χ4n) is 2.51. The molecule has 0 saturated heterocycles. The first kappa shape index (κ1) is 16.9. The van der Waals surface area contributed by atoms with Gasteiger partial charge in [0, 0.05) is 19.0 Å². The predicted octanol–water partition coefficient (Wildman–Crippen LogP) is 2.39. The van der Waals surface area contributed by atoms with E-state index in [4.69, 9.17) is 16.0 Å². The lowest BCUT2D eigenvalue weighted by Crippen LogP contribution is -2.23. The highest BCUT2D eigenvalue weighted by atomic mass is 35.5. The first-order valence-corrected chi connectivity index (χ1v) is 9.24. The molecule has 1 aromatic carbocycles. The van der Waals surface area contributed by atoms with Crippen molar-refractivity contribution in [2.75, 3.05) is 5.32 Å². The zero-order valence-electron chi connectivity index (χ0n) is 12.9. The van der Waals surface area contributed by atoms with E-state index in [-0.39, 0.29) is 22.4 Å². The third kappa shape index (κ3) is 3.61. The standard InChI is InChI=1S/C15H16ClN3O4S/c1-9-17-7-11(23-9)8-18-24(21,22)14-6-13-10(5-12(14)16)3-2-4-15(20)19-13/h5-7,18H,2-4,8H2,1H3,(H,19,20). The van der Waals surface area contributed by atoms with Crippen LogP contribution >= 0.6 is 11.6 Å². The summed E-state index contributed by atoms with van der Waals surface area (Å²) in [6.07, 6.45) is 3.22. The van der Waals surface area contributed by atoms with E-state index in [2.05, 4.69) is 15.0 Å². The van der Waals surface area contributed by atoms with Crippen molar-refractivity contribution < 1.29 is 17.6 Å². The maximum atomic E-state index is 12.5. The van der Waals surface area contributed by atoms with Gasteiger partial charge in [-0.25, -0.2) is 18.1 Å². The third-order valence-corrected chi connectivity index (χ3v) is 5.54. The molecular formula is C15H16ClN3O4S. The van der Waals surface area contributed by atoms with Crippen LogP contribution in [0.25, 0.3) is 0 Å². The Morgan fingerprint density at radius 2 is 2.17 bits per heavy atom. The van der Waals surface area contributed by atoms with Crippen LogP contribution in [-0.4, -0.2) is 19.3 Å². The molecule has 7 nitrogen and oxygen atoms in total. The number of rotatable bonds is 4. The number of hydrogen-bond acceptors (Lipinski definition) is 5. The van der Waals surface area contributed by atoms with E-state index in [0.717, 1.165) is 5.56 Å². The van der Waals surface area contributed by atoms with Crippen molar-refractivity contribution in [1.82, 2.24) is 9.71 Å². The minimum atomic E-state index is -3.86. The van der Waals surface area contributed by atoms with Gasteiger partial charge in [0.25, 0.3) is 0 Å². The summed E-state index contributed by atoms with van der Waals surface area (Å²) < 4.78 is 32.7. The number of carbonyl (C=O) groups is 1. The van der Waals surface area contributed by atoms with Gasteiger partial charge >= 0.3 is 0 Å².